The van der Waals surface area contributed by atoms with E-state index in [4.69, 9.17) is 9.47 Å². The van der Waals surface area contributed by atoms with Gasteiger partial charge >= 0.3 is 11.8 Å². The highest BCUT2D eigenvalue weighted by Gasteiger charge is 2.31. The van der Waals surface area contributed by atoms with Crippen molar-refractivity contribution in [1.82, 2.24) is 15.2 Å². The van der Waals surface area contributed by atoms with Crippen LogP contribution < -0.4 is 20.1 Å². The van der Waals surface area contributed by atoms with Gasteiger partial charge in [0.1, 0.15) is 11.5 Å². The zero-order valence-electron chi connectivity index (χ0n) is 24.9. The molecule has 8 nitrogen and oxygen atoms in total. The van der Waals surface area contributed by atoms with E-state index >= 15 is 4.39 Å². The van der Waals surface area contributed by atoms with Crippen LogP contribution >= 0.6 is 0 Å². The number of carbonyl (C=O) groups is 2. The van der Waals surface area contributed by atoms with Crippen LogP contribution in [0.15, 0.2) is 72.9 Å². The number of rotatable bonds is 8. The number of amides is 2. The lowest BCUT2D eigenvalue weighted by atomic mass is 9.91. The molecular formula is C35H37FN4O4. The third kappa shape index (κ3) is 6.68. The second-order valence-electron chi connectivity index (χ2n) is 11.6. The number of halogens is 1. The molecule has 3 aromatic carbocycles. The molecule has 1 unspecified atom stereocenters. The summed E-state index contributed by atoms with van der Waals surface area (Å²) in [6.07, 6.45) is 6.78. The van der Waals surface area contributed by atoms with Crippen LogP contribution in [0.3, 0.4) is 0 Å². The first-order valence-electron chi connectivity index (χ1n) is 15.3. The molecule has 0 radical (unpaired) electrons. The lowest BCUT2D eigenvalue weighted by Gasteiger charge is -2.23. The van der Waals surface area contributed by atoms with Gasteiger partial charge in [0.15, 0.2) is 11.6 Å². The smallest absolute Gasteiger partial charge is 0.313 e. The number of carbonyl (C=O) groups excluding carboxylic acids is 2. The Hall–Kier alpha value is -4.50. The molecule has 6 rings (SSSR count). The van der Waals surface area contributed by atoms with E-state index < -0.39 is 17.6 Å². The number of aromatic nitrogens is 1. The number of likely N-dealkylation sites (tertiary alicyclic amines) is 1. The van der Waals surface area contributed by atoms with Crippen LogP contribution in [0.2, 0.25) is 0 Å². The number of pyridine rings is 1. The molecule has 2 aliphatic rings. The molecule has 0 spiro atoms. The third-order valence-electron chi connectivity index (χ3n) is 8.73. The summed E-state index contributed by atoms with van der Waals surface area (Å²) in [5.41, 5.74) is 3.15. The molecular weight excluding hydrogens is 559 g/mol. The number of hydrogen-bond donors (Lipinski definition) is 2. The topological polar surface area (TPSA) is 92.8 Å². The summed E-state index contributed by atoms with van der Waals surface area (Å²) >= 11 is 0. The molecule has 9 heteroatoms. The molecule has 228 valence electrons. The Morgan fingerprint density at radius 1 is 1.00 bits per heavy atom. The summed E-state index contributed by atoms with van der Waals surface area (Å²) in [4.78, 5) is 31.6. The summed E-state index contributed by atoms with van der Waals surface area (Å²) in [6, 6.07) is 19.7. The Kier molecular flexibility index (Phi) is 9.02. The second kappa shape index (κ2) is 13.4. The zero-order valence-corrected chi connectivity index (χ0v) is 24.9. The normalized spacial score (nSPS) is 17.0. The molecule has 2 aliphatic heterocycles. The van der Waals surface area contributed by atoms with Crippen LogP contribution in [0.25, 0.3) is 10.9 Å². The number of aryl methyl sites for hydroxylation is 1. The van der Waals surface area contributed by atoms with E-state index in [0.29, 0.717) is 30.1 Å². The summed E-state index contributed by atoms with van der Waals surface area (Å²) < 4.78 is 26.9. The minimum Gasteiger partial charge on any atom is -0.496 e. The van der Waals surface area contributed by atoms with Crippen molar-refractivity contribution in [3.63, 3.8) is 0 Å². The van der Waals surface area contributed by atoms with E-state index in [-0.39, 0.29) is 17.4 Å². The summed E-state index contributed by atoms with van der Waals surface area (Å²) in [6.45, 7) is 3.11. The van der Waals surface area contributed by atoms with Gasteiger partial charge in [-0.1, -0.05) is 30.3 Å². The van der Waals surface area contributed by atoms with Crippen molar-refractivity contribution < 1.29 is 23.5 Å². The highest BCUT2D eigenvalue weighted by molar-refractivity contribution is 6.39. The Balaban J connectivity index is 1.11. The van der Waals surface area contributed by atoms with E-state index in [9.17, 15) is 9.59 Å². The van der Waals surface area contributed by atoms with Gasteiger partial charge in [-0.15, -0.1) is 0 Å². The number of benzene rings is 3. The number of ether oxygens (including phenoxy) is 2. The monoisotopic (exact) mass is 596 g/mol. The van der Waals surface area contributed by atoms with Gasteiger partial charge < -0.3 is 25.0 Å². The molecule has 2 N–H and O–H groups in total. The summed E-state index contributed by atoms with van der Waals surface area (Å²) in [7, 11) is 1.65. The van der Waals surface area contributed by atoms with Gasteiger partial charge in [-0.2, -0.15) is 0 Å². The molecule has 2 amide bonds. The first-order chi connectivity index (χ1) is 21.5. The van der Waals surface area contributed by atoms with Gasteiger partial charge in [0.25, 0.3) is 0 Å². The molecule has 2 fully saturated rings. The molecule has 44 heavy (non-hydrogen) atoms. The fourth-order valence-corrected chi connectivity index (χ4v) is 6.25. The van der Waals surface area contributed by atoms with Gasteiger partial charge in [0, 0.05) is 42.3 Å². The molecule has 0 saturated carbocycles. The Morgan fingerprint density at radius 3 is 2.59 bits per heavy atom. The number of nitrogens with zero attached hydrogens (tertiary/aromatic N) is 2. The molecule has 1 atom stereocenters. The number of nitrogens with one attached hydrogen (secondary N) is 2. The van der Waals surface area contributed by atoms with E-state index in [2.05, 4.69) is 15.6 Å². The van der Waals surface area contributed by atoms with Crippen molar-refractivity contribution >= 4 is 28.4 Å². The van der Waals surface area contributed by atoms with E-state index in [1.807, 2.05) is 42.5 Å². The number of piperidine rings is 1. The van der Waals surface area contributed by atoms with Gasteiger partial charge in [-0.25, -0.2) is 4.39 Å². The van der Waals surface area contributed by atoms with Crippen LogP contribution in [-0.4, -0.2) is 55.0 Å². The SMILES string of the molecule is COc1cc2c(Oc3ccc(NC(=O)C(=O)N4CCC(c5ccccc5)C4)cc3F)ccnc2cc1CCC1CCNCC1. The third-order valence-corrected chi connectivity index (χ3v) is 8.73. The van der Waals surface area contributed by atoms with Crippen LogP contribution in [0.1, 0.15) is 42.7 Å². The molecule has 2 saturated heterocycles. The van der Waals surface area contributed by atoms with Crippen LogP contribution in [0.5, 0.6) is 17.2 Å². The maximum atomic E-state index is 15.2. The van der Waals surface area contributed by atoms with Crippen LogP contribution in [-0.2, 0) is 16.0 Å². The predicted octanol–water partition coefficient (Wildman–Crippen LogP) is 6.06. The van der Waals surface area contributed by atoms with Crippen molar-refractivity contribution in [3.8, 4) is 17.2 Å². The van der Waals surface area contributed by atoms with E-state index in [1.165, 1.54) is 25.0 Å². The minimum atomic E-state index is -0.796. The van der Waals surface area contributed by atoms with Crippen LogP contribution in [0, 0.1) is 11.7 Å². The molecule has 1 aromatic heterocycles. The zero-order chi connectivity index (χ0) is 30.5. The van der Waals surface area contributed by atoms with Crippen molar-refractivity contribution in [2.45, 2.75) is 38.0 Å². The summed E-state index contributed by atoms with van der Waals surface area (Å²) in [5.74, 6) is -0.0347. The maximum absolute atomic E-state index is 15.2. The van der Waals surface area contributed by atoms with Crippen molar-refractivity contribution in [3.05, 3.63) is 89.9 Å². The number of fused-ring (bicyclic) bond motifs is 1. The molecule has 0 bridgehead atoms. The second-order valence-corrected chi connectivity index (χ2v) is 11.6. The lowest BCUT2D eigenvalue weighted by Crippen LogP contribution is -2.38. The van der Waals surface area contributed by atoms with Crippen LogP contribution in [0.4, 0.5) is 10.1 Å². The van der Waals surface area contributed by atoms with Gasteiger partial charge in [-0.3, -0.25) is 14.6 Å². The lowest BCUT2D eigenvalue weighted by molar-refractivity contribution is -0.142. The minimum absolute atomic E-state index is 0.0129. The van der Waals surface area contributed by atoms with E-state index in [0.717, 1.165) is 60.8 Å². The largest absolute Gasteiger partial charge is 0.496 e. The van der Waals surface area contributed by atoms with Crippen molar-refractivity contribution in [2.75, 3.05) is 38.6 Å². The maximum Gasteiger partial charge on any atom is 0.313 e. The average molecular weight is 597 g/mol. The standard InChI is InChI=1S/C35H37FN4O4/c1-43-33-21-28-30(19-25(33)8-7-23-11-15-37-16-12-23)38-17-13-31(28)44-32-10-9-27(20-29(32)36)39-34(41)35(42)40-18-14-26(22-40)24-5-3-2-4-6-24/h2-6,9-10,13,17,19-21,23,26,37H,7-8,11-12,14-16,18,22H2,1H3,(H,39,41). The van der Waals surface area contributed by atoms with Gasteiger partial charge in [-0.05, 0) is 92.6 Å². The Labute approximate surface area is 256 Å². The number of hydrogen-bond acceptors (Lipinski definition) is 6. The highest BCUT2D eigenvalue weighted by Crippen LogP contribution is 2.36. The average Bonchev–Trinajstić information content (AvgIpc) is 3.56. The van der Waals surface area contributed by atoms with Gasteiger partial charge in [0.05, 0.1) is 12.6 Å². The predicted molar refractivity (Wildman–Crippen MR) is 168 cm³/mol. The molecule has 4 aromatic rings. The fraction of sp³-hybridized carbons (Fsp3) is 0.343. The number of methoxy groups -OCH3 is 1. The van der Waals surface area contributed by atoms with E-state index in [1.54, 1.807) is 24.3 Å². The van der Waals surface area contributed by atoms with Crippen molar-refractivity contribution in [2.24, 2.45) is 5.92 Å². The first-order valence-corrected chi connectivity index (χ1v) is 15.3. The van der Waals surface area contributed by atoms with Crippen molar-refractivity contribution in [1.29, 1.82) is 0 Å². The Morgan fingerprint density at radius 2 is 1.82 bits per heavy atom. The highest BCUT2D eigenvalue weighted by atomic mass is 19.1. The van der Waals surface area contributed by atoms with Gasteiger partial charge in [0.2, 0.25) is 0 Å². The molecule has 3 heterocycles. The molecule has 0 aliphatic carbocycles. The number of anilines is 1. The Bertz CT molecular complexity index is 1640. The fourth-order valence-electron chi connectivity index (χ4n) is 6.25. The first kappa shape index (κ1) is 29.6. The summed E-state index contributed by atoms with van der Waals surface area (Å²) in [5, 5.41) is 6.65. The quantitative estimate of drug-likeness (QED) is 0.240.